The van der Waals surface area contributed by atoms with Crippen molar-refractivity contribution in [1.82, 2.24) is 15.2 Å². The topological polar surface area (TPSA) is 72.0 Å². The van der Waals surface area contributed by atoms with Crippen molar-refractivity contribution in [2.24, 2.45) is 0 Å². The Balaban J connectivity index is 2.17. The number of halogens is 1. The van der Waals surface area contributed by atoms with Crippen molar-refractivity contribution < 1.29 is 9.52 Å². The molecule has 0 bridgehead atoms. The molecule has 2 rings (SSSR count). The van der Waals surface area contributed by atoms with Crippen molar-refractivity contribution >= 4 is 34.7 Å². The third-order valence-corrected chi connectivity index (χ3v) is 3.82. The van der Waals surface area contributed by atoms with Gasteiger partial charge in [-0.25, -0.2) is 4.98 Å². The lowest BCUT2D eigenvalue weighted by Gasteiger charge is -1.86. The molecule has 15 heavy (non-hydrogen) atoms. The fourth-order valence-electron chi connectivity index (χ4n) is 0.848. The van der Waals surface area contributed by atoms with E-state index in [9.17, 15) is 0 Å². The van der Waals surface area contributed by atoms with E-state index >= 15 is 0 Å². The quantitative estimate of drug-likeness (QED) is 0.915. The fraction of sp³-hybridized carbons (Fsp3) is 0.286. The van der Waals surface area contributed by atoms with Crippen LogP contribution in [0.1, 0.15) is 10.8 Å². The molecule has 2 heterocycles. The van der Waals surface area contributed by atoms with E-state index < -0.39 is 0 Å². The van der Waals surface area contributed by atoms with Crippen molar-refractivity contribution in [2.45, 2.75) is 23.1 Å². The minimum absolute atomic E-state index is 0.111. The van der Waals surface area contributed by atoms with Gasteiger partial charge in [0.15, 0.2) is 4.34 Å². The number of hydrogen-bond donors (Lipinski definition) is 1. The van der Waals surface area contributed by atoms with Gasteiger partial charge in [-0.05, 0) is 0 Å². The molecule has 0 saturated heterocycles. The van der Waals surface area contributed by atoms with E-state index in [1.807, 2.05) is 0 Å². The summed E-state index contributed by atoms with van der Waals surface area (Å²) in [7, 11) is 0. The van der Waals surface area contributed by atoms with Crippen LogP contribution in [0.15, 0.2) is 14.0 Å². The van der Waals surface area contributed by atoms with Gasteiger partial charge in [-0.1, -0.05) is 11.6 Å². The number of aryl methyl sites for hydroxylation is 1. The molecule has 80 valence electrons. The van der Waals surface area contributed by atoms with Crippen LogP contribution in [-0.4, -0.2) is 20.3 Å². The average molecular weight is 264 g/mol. The van der Waals surface area contributed by atoms with Gasteiger partial charge in [0, 0.05) is 18.7 Å². The normalized spacial score (nSPS) is 10.9. The summed E-state index contributed by atoms with van der Waals surface area (Å²) in [6.45, 7) is 1.60. The summed E-state index contributed by atoms with van der Waals surface area (Å²) in [4.78, 5) is 4.68. The maximum atomic E-state index is 8.93. The molecule has 0 fully saturated rings. The zero-order chi connectivity index (χ0) is 10.8. The van der Waals surface area contributed by atoms with Crippen LogP contribution in [0.2, 0.25) is 5.15 Å². The van der Waals surface area contributed by atoms with Gasteiger partial charge in [0.25, 0.3) is 5.22 Å². The van der Waals surface area contributed by atoms with Crippen molar-refractivity contribution in [3.05, 3.63) is 15.9 Å². The molecule has 0 aliphatic heterocycles. The minimum atomic E-state index is -0.111. The van der Waals surface area contributed by atoms with Gasteiger partial charge in [-0.15, -0.1) is 21.5 Å². The van der Waals surface area contributed by atoms with Gasteiger partial charge in [0.1, 0.15) is 5.15 Å². The summed E-state index contributed by atoms with van der Waals surface area (Å²) in [5, 5.41) is 17.2. The second-order valence-electron chi connectivity index (χ2n) is 2.54. The third-order valence-electron chi connectivity index (χ3n) is 1.46. The highest BCUT2D eigenvalue weighted by molar-refractivity contribution is 8.00. The number of aliphatic hydroxyl groups is 1. The van der Waals surface area contributed by atoms with Crippen molar-refractivity contribution in [1.29, 1.82) is 0 Å². The maximum Gasteiger partial charge on any atom is 0.283 e. The van der Waals surface area contributed by atoms with E-state index in [4.69, 9.17) is 21.1 Å². The summed E-state index contributed by atoms with van der Waals surface area (Å²) < 4.78 is 5.85. The van der Waals surface area contributed by atoms with Crippen LogP contribution in [0.4, 0.5) is 0 Å². The highest BCUT2D eigenvalue weighted by Gasteiger charge is 2.12. The van der Waals surface area contributed by atoms with Crippen molar-refractivity contribution in [2.75, 3.05) is 0 Å². The predicted molar refractivity (Wildman–Crippen MR) is 56.2 cm³/mol. The van der Waals surface area contributed by atoms with Gasteiger partial charge in [0.05, 0.1) is 11.5 Å². The van der Waals surface area contributed by atoms with Crippen LogP contribution in [-0.2, 0) is 6.61 Å². The Morgan fingerprint density at radius 2 is 2.33 bits per heavy atom. The molecule has 2 aromatic rings. The SMILES string of the molecule is Cc1nnc(Sc2nc(Cl)c(CO)s2)o1. The molecule has 5 nitrogen and oxygen atoms in total. The number of rotatable bonds is 3. The van der Waals surface area contributed by atoms with Crippen LogP contribution >= 0.6 is 34.7 Å². The van der Waals surface area contributed by atoms with E-state index in [1.165, 1.54) is 23.1 Å². The van der Waals surface area contributed by atoms with E-state index in [0.29, 0.717) is 25.5 Å². The molecule has 0 atom stereocenters. The number of nitrogens with zero attached hydrogens (tertiary/aromatic N) is 3. The lowest BCUT2D eigenvalue weighted by atomic mass is 10.6. The lowest BCUT2D eigenvalue weighted by molar-refractivity contribution is 0.285. The average Bonchev–Trinajstić information content (AvgIpc) is 2.73. The molecular formula is C7H6ClN3O2S2. The Kier molecular flexibility index (Phi) is 3.25. The molecule has 0 saturated carbocycles. The number of hydrogen-bond acceptors (Lipinski definition) is 7. The van der Waals surface area contributed by atoms with Crippen LogP contribution in [0.25, 0.3) is 0 Å². The van der Waals surface area contributed by atoms with Gasteiger partial charge < -0.3 is 9.52 Å². The van der Waals surface area contributed by atoms with Crippen LogP contribution in [0, 0.1) is 6.92 Å². The molecule has 0 spiro atoms. The van der Waals surface area contributed by atoms with E-state index in [2.05, 4.69) is 15.2 Å². The molecule has 0 unspecified atom stereocenters. The van der Waals surface area contributed by atoms with Gasteiger partial charge in [-0.2, -0.15) is 0 Å². The fourth-order valence-corrected chi connectivity index (χ4v) is 2.96. The molecule has 0 aliphatic carbocycles. The maximum absolute atomic E-state index is 8.93. The summed E-state index contributed by atoms with van der Waals surface area (Å²) in [6.07, 6.45) is 0. The second-order valence-corrected chi connectivity index (χ2v) is 5.18. The second kappa shape index (κ2) is 4.48. The monoisotopic (exact) mass is 263 g/mol. The predicted octanol–water partition coefficient (Wildman–Crippen LogP) is 2.13. The van der Waals surface area contributed by atoms with Crippen molar-refractivity contribution in [3.8, 4) is 0 Å². The van der Waals surface area contributed by atoms with Crippen LogP contribution in [0.5, 0.6) is 0 Å². The summed E-state index contributed by atoms with van der Waals surface area (Å²) in [6, 6.07) is 0. The standard InChI is InChI=1S/C7H6ClN3O2S2/c1-3-10-11-6(13-3)15-7-9-5(8)4(2-12)14-7/h12H,2H2,1H3. The largest absolute Gasteiger partial charge is 0.416 e. The van der Waals surface area contributed by atoms with Gasteiger partial charge >= 0.3 is 0 Å². The first kappa shape index (κ1) is 10.9. The Morgan fingerprint density at radius 1 is 1.53 bits per heavy atom. The van der Waals surface area contributed by atoms with E-state index in [0.717, 1.165) is 0 Å². The molecule has 0 aliphatic rings. The first-order chi connectivity index (χ1) is 7.19. The summed E-state index contributed by atoms with van der Waals surface area (Å²) >= 11 is 8.31. The van der Waals surface area contributed by atoms with E-state index in [-0.39, 0.29) is 6.61 Å². The molecule has 0 aromatic carbocycles. The van der Waals surface area contributed by atoms with Gasteiger partial charge in [-0.3, -0.25) is 0 Å². The molecule has 1 N–H and O–H groups in total. The summed E-state index contributed by atoms with van der Waals surface area (Å²) in [5.41, 5.74) is 0. The molecule has 0 amide bonds. The third kappa shape index (κ3) is 2.49. The first-order valence-electron chi connectivity index (χ1n) is 3.93. The number of thiazole rings is 1. The highest BCUT2D eigenvalue weighted by Crippen LogP contribution is 2.33. The van der Waals surface area contributed by atoms with Gasteiger partial charge in [0.2, 0.25) is 5.89 Å². The highest BCUT2D eigenvalue weighted by atomic mass is 35.5. The minimum Gasteiger partial charge on any atom is -0.416 e. The number of aromatic nitrogens is 3. The Labute approximate surface area is 98.5 Å². The molecule has 8 heteroatoms. The first-order valence-corrected chi connectivity index (χ1v) is 5.94. The van der Waals surface area contributed by atoms with Crippen LogP contribution in [0.3, 0.4) is 0 Å². The lowest BCUT2D eigenvalue weighted by Crippen LogP contribution is -1.75. The smallest absolute Gasteiger partial charge is 0.283 e. The van der Waals surface area contributed by atoms with E-state index in [1.54, 1.807) is 6.92 Å². The number of aliphatic hydroxyl groups excluding tert-OH is 1. The zero-order valence-electron chi connectivity index (χ0n) is 7.60. The Morgan fingerprint density at radius 3 is 2.87 bits per heavy atom. The van der Waals surface area contributed by atoms with Crippen LogP contribution < -0.4 is 0 Å². The van der Waals surface area contributed by atoms with Crippen molar-refractivity contribution in [3.63, 3.8) is 0 Å². The molecule has 2 aromatic heterocycles. The molecular weight excluding hydrogens is 258 g/mol. The summed E-state index contributed by atoms with van der Waals surface area (Å²) in [5.74, 6) is 0.502. The Bertz CT molecular complexity index is 471. The Hall–Kier alpha value is -0.630. The molecule has 0 radical (unpaired) electrons. The zero-order valence-corrected chi connectivity index (χ0v) is 9.99.